The zero-order valence-corrected chi connectivity index (χ0v) is 7.29. The van der Waals surface area contributed by atoms with Crippen LogP contribution in [0.25, 0.3) is 0 Å². The van der Waals surface area contributed by atoms with Crippen LogP contribution in [0.2, 0.25) is 0 Å². The van der Waals surface area contributed by atoms with Gasteiger partial charge in [0.25, 0.3) is 0 Å². The highest BCUT2D eigenvalue weighted by Crippen LogP contribution is 2.29. The predicted octanol–water partition coefficient (Wildman–Crippen LogP) is 2.18. The van der Waals surface area contributed by atoms with Gasteiger partial charge < -0.3 is 4.74 Å². The maximum atomic E-state index is 5.60. The topological polar surface area (TPSA) is 22.1 Å². The van der Waals surface area contributed by atoms with Gasteiger partial charge in [0.2, 0.25) is 0 Å². The van der Waals surface area contributed by atoms with Gasteiger partial charge in [-0.1, -0.05) is 0 Å². The lowest BCUT2D eigenvalue weighted by Crippen LogP contribution is -2.00. The predicted molar refractivity (Wildman–Crippen MR) is 47.2 cm³/mol. The van der Waals surface area contributed by atoms with E-state index in [-0.39, 0.29) is 0 Å². The monoisotopic (exact) mass is 163 g/mol. The van der Waals surface area contributed by atoms with E-state index in [9.17, 15) is 0 Å². The van der Waals surface area contributed by atoms with Crippen molar-refractivity contribution in [3.63, 3.8) is 0 Å². The number of hydrogen-bond donors (Lipinski definition) is 0. The molecule has 64 valence electrons. The van der Waals surface area contributed by atoms with Crippen LogP contribution >= 0.6 is 0 Å². The maximum absolute atomic E-state index is 5.60. The van der Waals surface area contributed by atoms with Gasteiger partial charge in [-0.15, -0.1) is 0 Å². The molecule has 0 aromatic carbocycles. The van der Waals surface area contributed by atoms with E-state index < -0.39 is 0 Å². The van der Waals surface area contributed by atoms with E-state index in [0.29, 0.717) is 0 Å². The van der Waals surface area contributed by atoms with Crippen molar-refractivity contribution in [2.75, 3.05) is 6.61 Å². The Labute approximate surface area is 72.6 Å². The van der Waals surface area contributed by atoms with Gasteiger partial charge in [0.05, 0.1) is 12.8 Å². The van der Waals surface area contributed by atoms with E-state index in [1.165, 1.54) is 18.4 Å². The molecule has 0 saturated heterocycles. The van der Waals surface area contributed by atoms with Crippen molar-refractivity contribution in [3.8, 4) is 5.75 Å². The van der Waals surface area contributed by atoms with Gasteiger partial charge in [-0.05, 0) is 37.3 Å². The second-order valence-corrected chi connectivity index (χ2v) is 3.40. The number of hydrogen-bond acceptors (Lipinski definition) is 2. The highest BCUT2D eigenvalue weighted by molar-refractivity contribution is 5.27. The minimum absolute atomic E-state index is 0.810. The lowest BCUT2D eigenvalue weighted by Gasteiger charge is -2.06. The van der Waals surface area contributed by atoms with Gasteiger partial charge in [0.1, 0.15) is 5.75 Å². The van der Waals surface area contributed by atoms with E-state index in [1.54, 1.807) is 12.4 Å². The average molecular weight is 163 g/mol. The molecular weight excluding hydrogens is 150 g/mol. The Morgan fingerprint density at radius 3 is 3.08 bits per heavy atom. The lowest BCUT2D eigenvalue weighted by atomic mass is 10.3. The van der Waals surface area contributed by atoms with Crippen molar-refractivity contribution >= 4 is 0 Å². The fraction of sp³-hybridized carbons (Fsp3) is 0.500. The van der Waals surface area contributed by atoms with Gasteiger partial charge >= 0.3 is 0 Å². The largest absolute Gasteiger partial charge is 0.491 e. The van der Waals surface area contributed by atoms with Crippen LogP contribution in [-0.4, -0.2) is 11.6 Å². The van der Waals surface area contributed by atoms with Gasteiger partial charge in [-0.3, -0.25) is 4.98 Å². The fourth-order valence-electron chi connectivity index (χ4n) is 1.09. The first kappa shape index (κ1) is 7.59. The Kier molecular flexibility index (Phi) is 1.98. The molecule has 1 saturated carbocycles. The molecule has 0 N–H and O–H groups in total. The van der Waals surface area contributed by atoms with Crippen molar-refractivity contribution in [2.45, 2.75) is 19.8 Å². The van der Waals surface area contributed by atoms with Crippen LogP contribution in [0.15, 0.2) is 18.5 Å². The fourth-order valence-corrected chi connectivity index (χ4v) is 1.09. The van der Waals surface area contributed by atoms with Crippen LogP contribution in [0.1, 0.15) is 18.4 Å². The van der Waals surface area contributed by atoms with E-state index in [2.05, 4.69) is 4.98 Å². The summed E-state index contributed by atoms with van der Waals surface area (Å²) in [6.07, 6.45) is 6.25. The molecule has 0 aliphatic heterocycles. The molecule has 0 unspecified atom stereocenters. The smallest absolute Gasteiger partial charge is 0.140 e. The van der Waals surface area contributed by atoms with Crippen LogP contribution in [0.5, 0.6) is 5.75 Å². The second kappa shape index (κ2) is 3.13. The molecule has 1 aliphatic carbocycles. The van der Waals surface area contributed by atoms with E-state index in [1.807, 2.05) is 13.0 Å². The SMILES string of the molecule is Cc1ccncc1OCC1CC1. The summed E-state index contributed by atoms with van der Waals surface area (Å²) in [6.45, 7) is 2.91. The molecule has 1 aromatic heterocycles. The third kappa shape index (κ3) is 1.76. The summed E-state index contributed by atoms with van der Waals surface area (Å²) in [7, 11) is 0. The quantitative estimate of drug-likeness (QED) is 0.681. The number of aryl methyl sites for hydroxylation is 1. The molecule has 0 amide bonds. The Bertz CT molecular complexity index is 268. The standard InChI is InChI=1S/C10H13NO/c1-8-4-5-11-6-10(8)12-7-9-2-3-9/h4-6,9H,2-3,7H2,1H3. The van der Waals surface area contributed by atoms with E-state index >= 15 is 0 Å². The van der Waals surface area contributed by atoms with Crippen LogP contribution < -0.4 is 4.74 Å². The van der Waals surface area contributed by atoms with Crippen molar-refractivity contribution in [2.24, 2.45) is 5.92 Å². The number of aromatic nitrogens is 1. The van der Waals surface area contributed by atoms with Crippen LogP contribution in [-0.2, 0) is 0 Å². The number of pyridine rings is 1. The summed E-state index contributed by atoms with van der Waals surface area (Å²) >= 11 is 0. The molecule has 0 spiro atoms. The molecule has 12 heavy (non-hydrogen) atoms. The Morgan fingerprint density at radius 2 is 2.42 bits per heavy atom. The van der Waals surface area contributed by atoms with E-state index in [0.717, 1.165) is 18.3 Å². The summed E-state index contributed by atoms with van der Waals surface area (Å²) in [5.74, 6) is 1.74. The Hall–Kier alpha value is -1.05. The molecule has 1 aromatic rings. The number of ether oxygens (including phenoxy) is 1. The first-order valence-corrected chi connectivity index (χ1v) is 4.39. The third-order valence-electron chi connectivity index (χ3n) is 2.16. The Balaban J connectivity index is 1.96. The highest BCUT2D eigenvalue weighted by atomic mass is 16.5. The van der Waals surface area contributed by atoms with Crippen LogP contribution in [0.3, 0.4) is 0 Å². The summed E-state index contributed by atoms with van der Waals surface area (Å²) in [4.78, 5) is 4.02. The Morgan fingerprint density at radius 1 is 1.58 bits per heavy atom. The number of nitrogens with zero attached hydrogens (tertiary/aromatic N) is 1. The van der Waals surface area contributed by atoms with E-state index in [4.69, 9.17) is 4.74 Å². The first-order chi connectivity index (χ1) is 5.86. The summed E-state index contributed by atoms with van der Waals surface area (Å²) in [5, 5.41) is 0. The zero-order valence-electron chi connectivity index (χ0n) is 7.29. The molecule has 0 radical (unpaired) electrons. The molecule has 2 heteroatoms. The minimum Gasteiger partial charge on any atom is -0.491 e. The third-order valence-corrected chi connectivity index (χ3v) is 2.16. The van der Waals surface area contributed by atoms with Crippen molar-refractivity contribution in [1.82, 2.24) is 4.98 Å². The van der Waals surface area contributed by atoms with Crippen molar-refractivity contribution in [3.05, 3.63) is 24.0 Å². The minimum atomic E-state index is 0.810. The summed E-state index contributed by atoms with van der Waals surface area (Å²) in [5.41, 5.74) is 1.17. The second-order valence-electron chi connectivity index (χ2n) is 3.40. The van der Waals surface area contributed by atoms with Gasteiger partial charge in [0.15, 0.2) is 0 Å². The van der Waals surface area contributed by atoms with Gasteiger partial charge in [-0.25, -0.2) is 0 Å². The average Bonchev–Trinajstić information content (AvgIpc) is 2.86. The van der Waals surface area contributed by atoms with Crippen molar-refractivity contribution < 1.29 is 4.74 Å². The summed E-state index contributed by atoms with van der Waals surface area (Å²) in [6, 6.07) is 1.97. The molecule has 1 fully saturated rings. The molecule has 0 bridgehead atoms. The van der Waals surface area contributed by atoms with Gasteiger partial charge in [-0.2, -0.15) is 0 Å². The first-order valence-electron chi connectivity index (χ1n) is 4.39. The molecule has 1 heterocycles. The number of rotatable bonds is 3. The molecule has 2 nitrogen and oxygen atoms in total. The highest BCUT2D eigenvalue weighted by Gasteiger charge is 2.22. The zero-order chi connectivity index (χ0) is 8.39. The summed E-state index contributed by atoms with van der Waals surface area (Å²) < 4.78 is 5.60. The van der Waals surface area contributed by atoms with Crippen molar-refractivity contribution in [1.29, 1.82) is 0 Å². The molecule has 1 aliphatic rings. The normalized spacial score (nSPS) is 16.1. The van der Waals surface area contributed by atoms with Gasteiger partial charge in [0, 0.05) is 6.20 Å². The molecule has 2 rings (SSSR count). The molecule has 0 atom stereocenters. The van der Waals surface area contributed by atoms with Crippen LogP contribution in [0, 0.1) is 12.8 Å². The lowest BCUT2D eigenvalue weighted by molar-refractivity contribution is 0.296. The molecular formula is C10H13NO. The van der Waals surface area contributed by atoms with Crippen LogP contribution in [0.4, 0.5) is 0 Å². The maximum Gasteiger partial charge on any atom is 0.140 e.